The van der Waals surface area contributed by atoms with E-state index in [0.29, 0.717) is 35.7 Å². The lowest BCUT2D eigenvalue weighted by molar-refractivity contribution is 0.115. The standard InChI is InChI=1S/C15H21ClN2O3/c1-19-5-4-18(11-2-3-11)13(8-17)10-6-12(16)15-14(7-10)20-9-21-15/h6-7,11,13H,2-5,8-9,17H2,1H3. The van der Waals surface area contributed by atoms with Gasteiger partial charge in [0.15, 0.2) is 11.5 Å². The Labute approximate surface area is 129 Å². The molecule has 3 rings (SSSR count). The average Bonchev–Trinajstić information content (AvgIpc) is 3.20. The molecule has 0 aromatic heterocycles. The zero-order valence-electron chi connectivity index (χ0n) is 12.2. The summed E-state index contributed by atoms with van der Waals surface area (Å²) >= 11 is 6.29. The zero-order valence-corrected chi connectivity index (χ0v) is 12.9. The van der Waals surface area contributed by atoms with E-state index in [9.17, 15) is 0 Å². The van der Waals surface area contributed by atoms with Crippen molar-refractivity contribution in [2.45, 2.75) is 24.9 Å². The maximum Gasteiger partial charge on any atom is 0.231 e. The minimum absolute atomic E-state index is 0.125. The lowest BCUT2D eigenvalue weighted by Gasteiger charge is -2.31. The molecule has 2 N–H and O–H groups in total. The van der Waals surface area contributed by atoms with E-state index in [-0.39, 0.29) is 12.8 Å². The van der Waals surface area contributed by atoms with Crippen LogP contribution in [0.5, 0.6) is 11.5 Å². The molecule has 1 saturated carbocycles. The molecule has 1 unspecified atom stereocenters. The summed E-state index contributed by atoms with van der Waals surface area (Å²) in [5.74, 6) is 1.34. The second kappa shape index (κ2) is 6.40. The molecule has 1 aliphatic carbocycles. The van der Waals surface area contributed by atoms with E-state index in [1.807, 2.05) is 12.1 Å². The summed E-state index contributed by atoms with van der Waals surface area (Å²) in [6.07, 6.45) is 2.44. The smallest absolute Gasteiger partial charge is 0.231 e. The van der Waals surface area contributed by atoms with Gasteiger partial charge in [-0.05, 0) is 30.5 Å². The van der Waals surface area contributed by atoms with Gasteiger partial charge in [-0.15, -0.1) is 0 Å². The van der Waals surface area contributed by atoms with E-state index in [4.69, 9.17) is 31.5 Å². The van der Waals surface area contributed by atoms with Gasteiger partial charge >= 0.3 is 0 Å². The van der Waals surface area contributed by atoms with E-state index in [0.717, 1.165) is 12.1 Å². The van der Waals surface area contributed by atoms with E-state index >= 15 is 0 Å². The molecule has 0 amide bonds. The molecule has 6 heteroatoms. The van der Waals surface area contributed by atoms with Crippen molar-refractivity contribution < 1.29 is 14.2 Å². The van der Waals surface area contributed by atoms with E-state index in [1.54, 1.807) is 7.11 Å². The first-order valence-corrected chi connectivity index (χ1v) is 7.66. The van der Waals surface area contributed by atoms with Gasteiger partial charge in [-0.3, -0.25) is 4.90 Å². The van der Waals surface area contributed by atoms with Gasteiger partial charge < -0.3 is 19.9 Å². The fraction of sp³-hybridized carbons (Fsp3) is 0.600. The molecule has 1 aromatic rings. The predicted octanol–water partition coefficient (Wildman–Crippen LogP) is 2.18. The van der Waals surface area contributed by atoms with E-state index < -0.39 is 0 Å². The van der Waals surface area contributed by atoms with Crippen molar-refractivity contribution >= 4 is 11.6 Å². The first kappa shape index (κ1) is 14.9. The van der Waals surface area contributed by atoms with Crippen molar-refractivity contribution in [2.75, 3.05) is 33.6 Å². The van der Waals surface area contributed by atoms with Gasteiger partial charge in [0, 0.05) is 32.3 Å². The van der Waals surface area contributed by atoms with E-state index in [2.05, 4.69) is 4.90 Å². The summed E-state index contributed by atoms with van der Waals surface area (Å²) in [7, 11) is 1.72. The molecule has 0 radical (unpaired) electrons. The summed E-state index contributed by atoms with van der Waals surface area (Å²) in [5, 5.41) is 0.584. The minimum Gasteiger partial charge on any atom is -0.454 e. The van der Waals surface area contributed by atoms with Crippen molar-refractivity contribution in [3.05, 3.63) is 22.7 Å². The number of nitrogens with two attached hydrogens (primary N) is 1. The van der Waals surface area contributed by atoms with Crippen molar-refractivity contribution in [2.24, 2.45) is 5.73 Å². The summed E-state index contributed by atoms with van der Waals surface area (Å²) in [4.78, 5) is 2.41. The molecule has 1 aliphatic heterocycles. The van der Waals surface area contributed by atoms with Gasteiger partial charge in [-0.1, -0.05) is 11.6 Å². The number of nitrogens with zero attached hydrogens (tertiary/aromatic N) is 1. The number of fused-ring (bicyclic) bond motifs is 1. The van der Waals surface area contributed by atoms with Crippen LogP contribution in [0.25, 0.3) is 0 Å². The third kappa shape index (κ3) is 3.11. The highest BCUT2D eigenvalue weighted by atomic mass is 35.5. The lowest BCUT2D eigenvalue weighted by Crippen LogP contribution is -2.37. The van der Waals surface area contributed by atoms with Crippen LogP contribution in [0.4, 0.5) is 0 Å². The van der Waals surface area contributed by atoms with Crippen LogP contribution in [0.3, 0.4) is 0 Å². The van der Waals surface area contributed by atoms with Gasteiger partial charge in [0.25, 0.3) is 0 Å². The normalized spacial score (nSPS) is 18.3. The second-order valence-electron chi connectivity index (χ2n) is 5.45. The fourth-order valence-corrected chi connectivity index (χ4v) is 3.11. The monoisotopic (exact) mass is 312 g/mol. The molecule has 1 aromatic carbocycles. The minimum atomic E-state index is 0.125. The van der Waals surface area contributed by atoms with Gasteiger partial charge in [-0.25, -0.2) is 0 Å². The van der Waals surface area contributed by atoms with Crippen molar-refractivity contribution in [3.63, 3.8) is 0 Å². The van der Waals surface area contributed by atoms with Crippen LogP contribution in [-0.4, -0.2) is 44.5 Å². The fourth-order valence-electron chi connectivity index (χ4n) is 2.84. The number of benzene rings is 1. The third-order valence-electron chi connectivity index (χ3n) is 4.03. The molecule has 1 heterocycles. The highest BCUT2D eigenvalue weighted by Crippen LogP contribution is 2.43. The van der Waals surface area contributed by atoms with Gasteiger partial charge in [0.05, 0.1) is 11.6 Å². The summed E-state index contributed by atoms with van der Waals surface area (Å²) in [6.45, 7) is 2.33. The number of methoxy groups -OCH3 is 1. The van der Waals surface area contributed by atoms with Gasteiger partial charge in [0.2, 0.25) is 6.79 Å². The highest BCUT2D eigenvalue weighted by molar-refractivity contribution is 6.32. The predicted molar refractivity (Wildman–Crippen MR) is 81.0 cm³/mol. The Kier molecular flexibility index (Phi) is 4.54. The van der Waals surface area contributed by atoms with Crippen LogP contribution in [0.1, 0.15) is 24.4 Å². The number of rotatable bonds is 7. The number of hydrogen-bond donors (Lipinski definition) is 1. The van der Waals surface area contributed by atoms with E-state index in [1.165, 1.54) is 12.8 Å². The maximum atomic E-state index is 6.29. The SMILES string of the molecule is COCCN(C1CC1)C(CN)c1cc(Cl)c2c(c1)OCO2. The third-order valence-corrected chi connectivity index (χ3v) is 4.31. The van der Waals surface area contributed by atoms with Crippen LogP contribution >= 0.6 is 11.6 Å². The van der Waals surface area contributed by atoms with Crippen LogP contribution in [0.2, 0.25) is 5.02 Å². The largest absolute Gasteiger partial charge is 0.454 e. The molecule has 5 nitrogen and oxygen atoms in total. The molecule has 21 heavy (non-hydrogen) atoms. The maximum absolute atomic E-state index is 6.29. The Hall–Kier alpha value is -1.01. The van der Waals surface area contributed by atoms with Crippen LogP contribution in [-0.2, 0) is 4.74 Å². The van der Waals surface area contributed by atoms with Crippen LogP contribution < -0.4 is 15.2 Å². The van der Waals surface area contributed by atoms with Crippen molar-refractivity contribution in [1.29, 1.82) is 0 Å². The Bertz CT molecular complexity index is 508. The lowest BCUT2D eigenvalue weighted by atomic mass is 10.0. The number of hydrogen-bond acceptors (Lipinski definition) is 5. The quantitative estimate of drug-likeness (QED) is 0.836. The molecule has 1 atom stereocenters. The Morgan fingerprint density at radius 2 is 2.24 bits per heavy atom. The molecule has 0 bridgehead atoms. The summed E-state index contributed by atoms with van der Waals surface area (Å²) in [6, 6.07) is 4.65. The molecular formula is C15H21ClN2O3. The zero-order chi connectivity index (χ0) is 14.8. The Morgan fingerprint density at radius 1 is 1.43 bits per heavy atom. The van der Waals surface area contributed by atoms with Crippen LogP contribution in [0.15, 0.2) is 12.1 Å². The van der Waals surface area contributed by atoms with Crippen molar-refractivity contribution in [3.8, 4) is 11.5 Å². The average molecular weight is 313 g/mol. The molecule has 1 fully saturated rings. The summed E-state index contributed by atoms with van der Waals surface area (Å²) in [5.41, 5.74) is 7.12. The van der Waals surface area contributed by atoms with Gasteiger partial charge in [0.1, 0.15) is 0 Å². The van der Waals surface area contributed by atoms with Gasteiger partial charge in [-0.2, -0.15) is 0 Å². The Morgan fingerprint density at radius 3 is 2.90 bits per heavy atom. The first-order valence-electron chi connectivity index (χ1n) is 7.28. The molecule has 2 aliphatic rings. The molecule has 116 valence electrons. The highest BCUT2D eigenvalue weighted by Gasteiger charge is 2.34. The second-order valence-corrected chi connectivity index (χ2v) is 5.86. The number of ether oxygens (including phenoxy) is 3. The van der Waals surface area contributed by atoms with Crippen LogP contribution in [0, 0.1) is 0 Å². The van der Waals surface area contributed by atoms with Crippen molar-refractivity contribution in [1.82, 2.24) is 4.90 Å². The molecular weight excluding hydrogens is 292 g/mol. The number of halogens is 1. The molecule has 0 spiro atoms. The Balaban J connectivity index is 1.86. The summed E-state index contributed by atoms with van der Waals surface area (Å²) < 4.78 is 16.0. The first-order chi connectivity index (χ1) is 10.2. The molecule has 0 saturated heterocycles. The topological polar surface area (TPSA) is 57.0 Å².